The van der Waals surface area contributed by atoms with Crippen LogP contribution >= 0.6 is 23.2 Å². The summed E-state index contributed by atoms with van der Waals surface area (Å²) in [6, 6.07) is 26.6. The van der Waals surface area contributed by atoms with Crippen molar-refractivity contribution in [3.05, 3.63) is 111 Å². The summed E-state index contributed by atoms with van der Waals surface area (Å²) in [4.78, 5) is 0. The fraction of sp³-hybridized carbons (Fsp3) is 0.125. The van der Waals surface area contributed by atoms with Crippen LogP contribution in [-0.2, 0) is 6.42 Å². The van der Waals surface area contributed by atoms with Gasteiger partial charge in [-0.05, 0) is 35.7 Å². The van der Waals surface area contributed by atoms with E-state index in [9.17, 15) is 0 Å². The second kappa shape index (κ2) is 7.58. The molecule has 4 aromatic rings. The number of hydrogen-bond acceptors (Lipinski definition) is 2. The van der Waals surface area contributed by atoms with Gasteiger partial charge in [-0.3, -0.25) is 0 Å². The van der Waals surface area contributed by atoms with E-state index in [1.165, 1.54) is 16.7 Å². The minimum absolute atomic E-state index is 0.0541. The number of nitrogens with zero attached hydrogens (tertiary/aromatic N) is 2. The van der Waals surface area contributed by atoms with Gasteiger partial charge in [-0.2, -0.15) is 5.10 Å². The molecule has 1 aliphatic rings. The lowest BCUT2D eigenvalue weighted by molar-refractivity contribution is 0.802. The lowest BCUT2D eigenvalue weighted by Gasteiger charge is -2.17. The van der Waals surface area contributed by atoms with Gasteiger partial charge in [0.1, 0.15) is 5.82 Å². The lowest BCUT2D eigenvalue weighted by Crippen LogP contribution is -2.09. The molecule has 0 saturated carbocycles. The van der Waals surface area contributed by atoms with Gasteiger partial charge in [0, 0.05) is 17.1 Å². The van der Waals surface area contributed by atoms with Crippen LogP contribution in [0.25, 0.3) is 5.69 Å². The van der Waals surface area contributed by atoms with E-state index in [-0.39, 0.29) is 5.92 Å². The molecule has 29 heavy (non-hydrogen) atoms. The van der Waals surface area contributed by atoms with Gasteiger partial charge in [-0.25, -0.2) is 4.68 Å². The molecule has 5 heteroatoms. The van der Waals surface area contributed by atoms with Gasteiger partial charge in [0.05, 0.1) is 22.3 Å². The molecule has 5 rings (SSSR count). The normalized spacial score (nSPS) is 12.8. The van der Waals surface area contributed by atoms with Crippen LogP contribution in [0.1, 0.15) is 28.3 Å². The lowest BCUT2D eigenvalue weighted by atomic mass is 9.86. The highest BCUT2D eigenvalue weighted by atomic mass is 35.5. The summed E-state index contributed by atoms with van der Waals surface area (Å²) < 4.78 is 1.93. The van der Waals surface area contributed by atoms with Crippen molar-refractivity contribution in [1.29, 1.82) is 0 Å². The standard InChI is InChI=1S/C24H19Cl2N3/c25-18-11-12-21(20(26)15-18)29-24-19(13-14-27-24)23(28-29)22(16-7-3-1-4-8-16)17-9-5-2-6-10-17/h1-12,15,22,27H,13-14H2. The molecule has 144 valence electrons. The molecule has 0 amide bonds. The first kappa shape index (κ1) is 18.3. The summed E-state index contributed by atoms with van der Waals surface area (Å²) in [6.07, 6.45) is 0.937. The molecule has 0 spiro atoms. The van der Waals surface area contributed by atoms with Crippen molar-refractivity contribution in [3.8, 4) is 5.69 Å². The number of nitrogens with one attached hydrogen (secondary N) is 1. The number of rotatable bonds is 4. The molecule has 1 aliphatic heterocycles. The quantitative estimate of drug-likeness (QED) is 0.418. The smallest absolute Gasteiger partial charge is 0.133 e. The Kier molecular flexibility index (Phi) is 4.78. The monoisotopic (exact) mass is 419 g/mol. The van der Waals surface area contributed by atoms with Crippen molar-refractivity contribution < 1.29 is 0 Å². The molecule has 2 heterocycles. The van der Waals surface area contributed by atoms with E-state index in [0.29, 0.717) is 10.0 Å². The van der Waals surface area contributed by atoms with E-state index in [0.717, 1.165) is 30.2 Å². The van der Waals surface area contributed by atoms with Crippen molar-refractivity contribution in [3.63, 3.8) is 0 Å². The highest BCUT2D eigenvalue weighted by Crippen LogP contribution is 2.40. The maximum absolute atomic E-state index is 6.52. The largest absolute Gasteiger partial charge is 0.369 e. The third-order valence-electron chi connectivity index (χ3n) is 5.36. The number of hydrogen-bond donors (Lipinski definition) is 1. The molecule has 0 fully saturated rings. The molecular formula is C24H19Cl2N3. The fourth-order valence-electron chi connectivity index (χ4n) is 4.06. The van der Waals surface area contributed by atoms with Crippen LogP contribution in [-0.4, -0.2) is 16.3 Å². The van der Waals surface area contributed by atoms with Gasteiger partial charge in [-0.15, -0.1) is 0 Å². The Hall–Kier alpha value is -2.75. The minimum Gasteiger partial charge on any atom is -0.369 e. The molecule has 0 atom stereocenters. The SMILES string of the molecule is Clc1ccc(-n2nc(C(c3ccccc3)c3ccccc3)c3c2NCC3)c(Cl)c1. The van der Waals surface area contributed by atoms with E-state index in [1.54, 1.807) is 6.07 Å². The summed E-state index contributed by atoms with van der Waals surface area (Å²) >= 11 is 12.6. The summed E-state index contributed by atoms with van der Waals surface area (Å²) in [5, 5.41) is 9.76. The zero-order valence-electron chi connectivity index (χ0n) is 15.6. The molecule has 1 N–H and O–H groups in total. The number of aromatic nitrogens is 2. The second-order valence-corrected chi connectivity index (χ2v) is 7.99. The fourth-order valence-corrected chi connectivity index (χ4v) is 4.55. The molecule has 0 saturated heterocycles. The molecule has 0 radical (unpaired) electrons. The average molecular weight is 420 g/mol. The maximum atomic E-state index is 6.52. The zero-order valence-corrected chi connectivity index (χ0v) is 17.2. The zero-order chi connectivity index (χ0) is 19.8. The first-order chi connectivity index (χ1) is 14.2. The molecule has 3 aromatic carbocycles. The predicted molar refractivity (Wildman–Crippen MR) is 120 cm³/mol. The van der Waals surface area contributed by atoms with Gasteiger partial charge < -0.3 is 5.32 Å². The Labute approximate surface area is 179 Å². The third-order valence-corrected chi connectivity index (χ3v) is 5.90. The van der Waals surface area contributed by atoms with Gasteiger partial charge in [0.25, 0.3) is 0 Å². The van der Waals surface area contributed by atoms with Crippen molar-refractivity contribution in [2.24, 2.45) is 0 Å². The number of anilines is 1. The maximum Gasteiger partial charge on any atom is 0.133 e. The molecule has 0 unspecified atom stereocenters. The van der Waals surface area contributed by atoms with E-state index in [2.05, 4.69) is 53.8 Å². The Bertz CT molecular complexity index is 1110. The van der Waals surface area contributed by atoms with Crippen molar-refractivity contribution >= 4 is 29.0 Å². The van der Waals surface area contributed by atoms with Gasteiger partial charge in [0.15, 0.2) is 0 Å². The summed E-state index contributed by atoms with van der Waals surface area (Å²) in [5.74, 6) is 1.07. The van der Waals surface area contributed by atoms with Crippen LogP contribution in [0.2, 0.25) is 10.0 Å². The highest BCUT2D eigenvalue weighted by molar-refractivity contribution is 6.35. The topological polar surface area (TPSA) is 29.9 Å². The van der Waals surface area contributed by atoms with Gasteiger partial charge >= 0.3 is 0 Å². The van der Waals surface area contributed by atoms with Crippen LogP contribution in [0, 0.1) is 0 Å². The van der Waals surface area contributed by atoms with E-state index in [1.807, 2.05) is 28.9 Å². The first-order valence-electron chi connectivity index (χ1n) is 9.63. The van der Waals surface area contributed by atoms with Crippen molar-refractivity contribution in [1.82, 2.24) is 9.78 Å². The van der Waals surface area contributed by atoms with E-state index in [4.69, 9.17) is 28.3 Å². The van der Waals surface area contributed by atoms with Crippen LogP contribution in [0.15, 0.2) is 78.9 Å². The summed E-state index contributed by atoms with van der Waals surface area (Å²) in [5.41, 5.74) is 5.58. The van der Waals surface area contributed by atoms with Crippen LogP contribution in [0.5, 0.6) is 0 Å². The van der Waals surface area contributed by atoms with E-state index < -0.39 is 0 Å². The highest BCUT2D eigenvalue weighted by Gasteiger charge is 2.30. The van der Waals surface area contributed by atoms with Crippen molar-refractivity contribution in [2.45, 2.75) is 12.3 Å². The number of halogens is 2. The minimum atomic E-state index is 0.0541. The summed E-state index contributed by atoms with van der Waals surface area (Å²) in [7, 11) is 0. The Morgan fingerprint density at radius 2 is 1.52 bits per heavy atom. The Morgan fingerprint density at radius 1 is 0.862 bits per heavy atom. The molecule has 1 aromatic heterocycles. The van der Waals surface area contributed by atoms with Gasteiger partial charge in [0.2, 0.25) is 0 Å². The molecular weight excluding hydrogens is 401 g/mol. The number of fused-ring (bicyclic) bond motifs is 1. The predicted octanol–water partition coefficient (Wildman–Crippen LogP) is 6.33. The van der Waals surface area contributed by atoms with Gasteiger partial charge in [-0.1, -0.05) is 83.9 Å². The molecule has 3 nitrogen and oxygen atoms in total. The Morgan fingerprint density at radius 3 is 2.14 bits per heavy atom. The Balaban J connectivity index is 1.72. The molecule has 0 bridgehead atoms. The average Bonchev–Trinajstić information content (AvgIpc) is 3.34. The van der Waals surface area contributed by atoms with Crippen LogP contribution in [0.3, 0.4) is 0 Å². The van der Waals surface area contributed by atoms with Crippen LogP contribution < -0.4 is 5.32 Å². The first-order valence-corrected chi connectivity index (χ1v) is 10.4. The van der Waals surface area contributed by atoms with Crippen molar-refractivity contribution in [2.75, 3.05) is 11.9 Å². The third kappa shape index (κ3) is 3.31. The molecule has 0 aliphatic carbocycles. The second-order valence-electron chi connectivity index (χ2n) is 7.15. The summed E-state index contributed by atoms with van der Waals surface area (Å²) in [6.45, 7) is 0.891. The van der Waals surface area contributed by atoms with E-state index >= 15 is 0 Å². The number of benzene rings is 3. The van der Waals surface area contributed by atoms with Crippen LogP contribution in [0.4, 0.5) is 5.82 Å².